The van der Waals surface area contributed by atoms with E-state index in [4.69, 9.17) is 0 Å². The topological polar surface area (TPSA) is 70.2 Å². The van der Waals surface area contributed by atoms with Crippen molar-refractivity contribution >= 4 is 29.4 Å². The van der Waals surface area contributed by atoms with Crippen molar-refractivity contribution in [3.63, 3.8) is 0 Å². The molecule has 1 aromatic rings. The standard InChI is InChI=1S/C16H25N3O2S/c1-5-22-13-8-6-12(7-9-13)18-15(21)19-16(2,3)11-10-14(20)17-4/h6-9H,5,10-11H2,1-4H3,(H,17,20)(H2,18,19,21). The number of amides is 3. The third-order valence-corrected chi connectivity index (χ3v) is 4.03. The summed E-state index contributed by atoms with van der Waals surface area (Å²) < 4.78 is 0. The van der Waals surface area contributed by atoms with Crippen molar-refractivity contribution in [2.45, 2.75) is 44.0 Å². The van der Waals surface area contributed by atoms with Crippen LogP contribution in [0.1, 0.15) is 33.6 Å². The van der Waals surface area contributed by atoms with Gasteiger partial charge in [-0.3, -0.25) is 4.79 Å². The zero-order chi connectivity index (χ0) is 16.6. The van der Waals surface area contributed by atoms with Gasteiger partial charge in [0.25, 0.3) is 0 Å². The quantitative estimate of drug-likeness (QED) is 0.675. The molecule has 0 saturated carbocycles. The Hall–Kier alpha value is -1.69. The highest BCUT2D eigenvalue weighted by atomic mass is 32.2. The molecule has 0 unspecified atom stereocenters. The number of thioether (sulfide) groups is 1. The minimum atomic E-state index is -0.450. The lowest BCUT2D eigenvalue weighted by atomic mass is 9.98. The molecule has 0 aliphatic heterocycles. The summed E-state index contributed by atoms with van der Waals surface area (Å²) in [6, 6.07) is 7.48. The molecule has 1 rings (SSSR count). The third-order valence-electron chi connectivity index (χ3n) is 3.13. The summed E-state index contributed by atoms with van der Waals surface area (Å²) in [5, 5.41) is 8.27. The molecule has 0 aliphatic rings. The summed E-state index contributed by atoms with van der Waals surface area (Å²) in [4.78, 5) is 24.5. The number of anilines is 1. The first-order valence-electron chi connectivity index (χ1n) is 7.39. The highest BCUT2D eigenvalue weighted by molar-refractivity contribution is 7.99. The van der Waals surface area contributed by atoms with Gasteiger partial charge in [-0.05, 0) is 50.3 Å². The number of hydrogen-bond acceptors (Lipinski definition) is 3. The second-order valence-corrected chi connectivity index (χ2v) is 6.93. The van der Waals surface area contributed by atoms with Crippen LogP contribution in [0.15, 0.2) is 29.2 Å². The molecule has 0 fully saturated rings. The first kappa shape index (κ1) is 18.4. The van der Waals surface area contributed by atoms with Crippen molar-refractivity contribution in [3.8, 4) is 0 Å². The second kappa shape index (κ2) is 8.68. The zero-order valence-corrected chi connectivity index (χ0v) is 14.5. The molecule has 0 radical (unpaired) electrons. The zero-order valence-electron chi connectivity index (χ0n) is 13.7. The number of nitrogens with one attached hydrogen (secondary N) is 3. The van der Waals surface area contributed by atoms with E-state index >= 15 is 0 Å². The van der Waals surface area contributed by atoms with Crippen LogP contribution in [0.5, 0.6) is 0 Å². The highest BCUT2D eigenvalue weighted by Gasteiger charge is 2.21. The lowest BCUT2D eigenvalue weighted by Gasteiger charge is -2.26. The summed E-state index contributed by atoms with van der Waals surface area (Å²) in [5.74, 6) is 0.992. The lowest BCUT2D eigenvalue weighted by Crippen LogP contribution is -2.46. The Balaban J connectivity index is 2.48. The molecule has 0 aromatic heterocycles. The van der Waals surface area contributed by atoms with E-state index in [0.29, 0.717) is 12.8 Å². The minimum absolute atomic E-state index is 0.0284. The Labute approximate surface area is 136 Å². The van der Waals surface area contributed by atoms with Gasteiger partial charge >= 0.3 is 6.03 Å². The van der Waals surface area contributed by atoms with E-state index in [1.807, 2.05) is 38.1 Å². The number of hydrogen-bond donors (Lipinski definition) is 3. The fourth-order valence-electron chi connectivity index (χ4n) is 1.88. The molecule has 122 valence electrons. The van der Waals surface area contributed by atoms with Crippen LogP contribution in [0.4, 0.5) is 10.5 Å². The predicted molar refractivity (Wildman–Crippen MR) is 92.4 cm³/mol. The summed E-state index contributed by atoms with van der Waals surface area (Å²) in [6.45, 7) is 5.90. The van der Waals surface area contributed by atoms with Crippen LogP contribution in [0.25, 0.3) is 0 Å². The fourth-order valence-corrected chi connectivity index (χ4v) is 2.55. The molecule has 0 aliphatic carbocycles. The monoisotopic (exact) mass is 323 g/mol. The summed E-state index contributed by atoms with van der Waals surface area (Å²) in [6.07, 6.45) is 0.957. The number of carbonyl (C=O) groups excluding carboxylic acids is 2. The second-order valence-electron chi connectivity index (χ2n) is 5.59. The average molecular weight is 323 g/mol. The van der Waals surface area contributed by atoms with Crippen molar-refractivity contribution < 1.29 is 9.59 Å². The van der Waals surface area contributed by atoms with Crippen LogP contribution < -0.4 is 16.0 Å². The first-order chi connectivity index (χ1) is 10.4. The molecule has 1 aromatic carbocycles. The van der Waals surface area contributed by atoms with Gasteiger partial charge in [0.1, 0.15) is 0 Å². The van der Waals surface area contributed by atoms with Crippen LogP contribution in [0.2, 0.25) is 0 Å². The van der Waals surface area contributed by atoms with Crippen LogP contribution in [0.3, 0.4) is 0 Å². The SMILES string of the molecule is CCSc1ccc(NC(=O)NC(C)(C)CCC(=O)NC)cc1. The van der Waals surface area contributed by atoms with E-state index in [2.05, 4.69) is 22.9 Å². The Bertz CT molecular complexity index is 501. The lowest BCUT2D eigenvalue weighted by molar-refractivity contribution is -0.120. The summed E-state index contributed by atoms with van der Waals surface area (Å²) in [7, 11) is 1.61. The number of rotatable bonds is 7. The van der Waals surface area contributed by atoms with Crippen LogP contribution in [-0.4, -0.2) is 30.3 Å². The van der Waals surface area contributed by atoms with Crippen molar-refractivity contribution in [2.24, 2.45) is 0 Å². The van der Waals surface area contributed by atoms with Gasteiger partial charge in [-0.25, -0.2) is 4.79 Å². The number of benzene rings is 1. The first-order valence-corrected chi connectivity index (χ1v) is 8.37. The van der Waals surface area contributed by atoms with Gasteiger partial charge in [-0.2, -0.15) is 0 Å². The highest BCUT2D eigenvalue weighted by Crippen LogP contribution is 2.20. The molecular weight excluding hydrogens is 298 g/mol. The number of carbonyl (C=O) groups is 2. The molecule has 0 spiro atoms. The minimum Gasteiger partial charge on any atom is -0.359 e. The van der Waals surface area contributed by atoms with Gasteiger partial charge in [-0.15, -0.1) is 11.8 Å². The van der Waals surface area contributed by atoms with Gasteiger partial charge in [0.2, 0.25) is 5.91 Å². The molecule has 0 bridgehead atoms. The molecule has 22 heavy (non-hydrogen) atoms. The molecule has 0 atom stereocenters. The molecule has 3 amide bonds. The van der Waals surface area contributed by atoms with Gasteiger partial charge in [0.15, 0.2) is 0 Å². The van der Waals surface area contributed by atoms with E-state index in [1.54, 1.807) is 18.8 Å². The molecule has 3 N–H and O–H groups in total. The maximum atomic E-state index is 12.0. The average Bonchev–Trinajstić information content (AvgIpc) is 2.46. The Morgan fingerprint density at radius 1 is 1.18 bits per heavy atom. The van der Waals surface area contributed by atoms with E-state index in [-0.39, 0.29) is 11.9 Å². The molecular formula is C16H25N3O2S. The summed E-state index contributed by atoms with van der Waals surface area (Å²) >= 11 is 1.76. The van der Waals surface area contributed by atoms with Gasteiger partial charge in [0, 0.05) is 29.6 Å². The predicted octanol–water partition coefficient (Wildman–Crippen LogP) is 3.22. The maximum absolute atomic E-state index is 12.0. The smallest absolute Gasteiger partial charge is 0.319 e. The van der Waals surface area contributed by atoms with E-state index < -0.39 is 5.54 Å². The van der Waals surface area contributed by atoms with E-state index in [0.717, 1.165) is 11.4 Å². The molecule has 6 heteroatoms. The van der Waals surface area contributed by atoms with Crippen molar-refractivity contribution in [2.75, 3.05) is 18.1 Å². The van der Waals surface area contributed by atoms with E-state index in [1.165, 1.54) is 4.90 Å². The van der Waals surface area contributed by atoms with Gasteiger partial charge < -0.3 is 16.0 Å². The molecule has 0 saturated heterocycles. The third kappa shape index (κ3) is 6.85. The number of urea groups is 1. The van der Waals surface area contributed by atoms with Gasteiger partial charge in [0.05, 0.1) is 0 Å². The normalized spacial score (nSPS) is 10.9. The Morgan fingerprint density at radius 3 is 2.36 bits per heavy atom. The van der Waals surface area contributed by atoms with Crippen molar-refractivity contribution in [1.29, 1.82) is 0 Å². The van der Waals surface area contributed by atoms with Crippen LogP contribution in [0, 0.1) is 0 Å². The molecule has 5 nitrogen and oxygen atoms in total. The Kier molecular flexibility index (Phi) is 7.24. The van der Waals surface area contributed by atoms with Crippen molar-refractivity contribution in [3.05, 3.63) is 24.3 Å². The van der Waals surface area contributed by atoms with Crippen LogP contribution >= 0.6 is 11.8 Å². The molecule has 0 heterocycles. The van der Waals surface area contributed by atoms with Crippen LogP contribution in [-0.2, 0) is 4.79 Å². The van der Waals surface area contributed by atoms with Gasteiger partial charge in [-0.1, -0.05) is 6.92 Å². The summed E-state index contributed by atoms with van der Waals surface area (Å²) in [5.41, 5.74) is 0.300. The van der Waals surface area contributed by atoms with E-state index in [9.17, 15) is 9.59 Å². The largest absolute Gasteiger partial charge is 0.359 e. The fraction of sp³-hybridized carbons (Fsp3) is 0.500. The Morgan fingerprint density at radius 2 is 1.82 bits per heavy atom. The maximum Gasteiger partial charge on any atom is 0.319 e. The van der Waals surface area contributed by atoms with Crippen molar-refractivity contribution in [1.82, 2.24) is 10.6 Å².